The Morgan fingerprint density at radius 1 is 1.19 bits per heavy atom. The SMILES string of the molecule is C[C@@H]1OCC2(CCN(C3NC4NNC(c5ccnc(N6CCOCC6)c5Cl)C4C(=O)N3C)CC2)[C@@H]1N. The number of ether oxygens (including phenoxy) is 2. The summed E-state index contributed by atoms with van der Waals surface area (Å²) in [5.41, 5.74) is 14.1. The Balaban J connectivity index is 1.17. The van der Waals surface area contributed by atoms with Gasteiger partial charge in [0.15, 0.2) is 0 Å². The minimum absolute atomic E-state index is 0.0459. The average Bonchev–Trinajstić information content (AvgIpc) is 3.44. The van der Waals surface area contributed by atoms with Gasteiger partial charge in [-0.1, -0.05) is 11.6 Å². The normalized spacial score (nSPS) is 37.1. The maximum atomic E-state index is 13.7. The van der Waals surface area contributed by atoms with Crippen molar-refractivity contribution in [1.29, 1.82) is 0 Å². The van der Waals surface area contributed by atoms with Gasteiger partial charge in [-0.25, -0.2) is 15.8 Å². The van der Waals surface area contributed by atoms with Crippen LogP contribution in [-0.4, -0.2) is 98.3 Å². The first-order chi connectivity index (χ1) is 17.4. The molecule has 11 nitrogen and oxygen atoms in total. The second kappa shape index (κ2) is 9.63. The molecule has 5 fully saturated rings. The van der Waals surface area contributed by atoms with Crippen molar-refractivity contribution in [3.8, 4) is 0 Å². The van der Waals surface area contributed by atoms with Gasteiger partial charge in [0.25, 0.3) is 0 Å². The van der Waals surface area contributed by atoms with Gasteiger partial charge in [-0.15, -0.1) is 0 Å². The van der Waals surface area contributed by atoms with Crippen LogP contribution in [0.5, 0.6) is 0 Å². The molecular formula is C24H37ClN8O3. The molecule has 1 amide bonds. The van der Waals surface area contributed by atoms with Crippen LogP contribution in [0.4, 0.5) is 5.82 Å². The van der Waals surface area contributed by atoms with Crippen LogP contribution in [0.3, 0.4) is 0 Å². The second-order valence-electron chi connectivity index (χ2n) is 10.8. The lowest BCUT2D eigenvalue weighted by atomic mass is 9.73. The van der Waals surface area contributed by atoms with Crippen molar-refractivity contribution in [2.75, 3.05) is 57.9 Å². The van der Waals surface area contributed by atoms with Crippen molar-refractivity contribution in [3.05, 3.63) is 22.8 Å². The molecule has 5 aliphatic rings. The number of likely N-dealkylation sites (tertiary alicyclic amines) is 1. The number of pyridine rings is 1. The third kappa shape index (κ3) is 4.01. The van der Waals surface area contributed by atoms with Gasteiger partial charge in [-0.2, -0.15) is 0 Å². The van der Waals surface area contributed by atoms with Gasteiger partial charge in [-0.3, -0.25) is 15.0 Å². The summed E-state index contributed by atoms with van der Waals surface area (Å²) in [4.78, 5) is 24.6. The minimum atomic E-state index is -0.336. The largest absolute Gasteiger partial charge is 0.378 e. The standard InChI is InChI=1S/C24H37ClN8O3/c1-14-19(26)24(13-36-14)4-7-33(8-5-24)23-28-20-16(22(34)31(23)2)18(29-30-20)15-3-6-27-21(17(15)25)32-9-11-35-12-10-32/h3,6,14,16,18-20,23,28-30H,4-5,7-13,26H2,1-2H3/t14-,16?,18?,19+,20?,23?/m0/s1. The maximum Gasteiger partial charge on any atom is 0.232 e. The zero-order chi connectivity index (χ0) is 25.0. The fraction of sp³-hybridized carbons (Fsp3) is 0.750. The summed E-state index contributed by atoms with van der Waals surface area (Å²) in [7, 11) is 1.88. The Kier molecular flexibility index (Phi) is 6.62. The topological polar surface area (TPSA) is 120 Å². The highest BCUT2D eigenvalue weighted by Crippen LogP contribution is 2.43. The molecule has 1 aromatic heterocycles. The van der Waals surface area contributed by atoms with E-state index in [1.165, 1.54) is 0 Å². The molecule has 5 saturated heterocycles. The molecule has 1 aromatic rings. The van der Waals surface area contributed by atoms with Crippen molar-refractivity contribution in [3.63, 3.8) is 0 Å². The van der Waals surface area contributed by atoms with Gasteiger partial charge in [0.05, 0.1) is 49.1 Å². The van der Waals surface area contributed by atoms with E-state index in [0.717, 1.165) is 57.0 Å². The summed E-state index contributed by atoms with van der Waals surface area (Å²) in [6, 6.07) is 1.70. The van der Waals surface area contributed by atoms with Crippen LogP contribution in [0.15, 0.2) is 12.3 Å². The number of hydrogen-bond donors (Lipinski definition) is 4. The number of fused-ring (bicyclic) bond motifs is 1. The van der Waals surface area contributed by atoms with E-state index < -0.39 is 0 Å². The highest BCUT2D eigenvalue weighted by Gasteiger charge is 2.53. The first kappa shape index (κ1) is 24.7. The van der Waals surface area contributed by atoms with Crippen molar-refractivity contribution in [1.82, 2.24) is 31.0 Å². The van der Waals surface area contributed by atoms with Crippen LogP contribution in [0.25, 0.3) is 0 Å². The Labute approximate surface area is 216 Å². The third-order valence-electron chi connectivity index (χ3n) is 8.97. The predicted molar refractivity (Wildman–Crippen MR) is 135 cm³/mol. The number of piperidine rings is 1. The quantitative estimate of drug-likeness (QED) is 0.428. The minimum Gasteiger partial charge on any atom is -0.378 e. The fourth-order valence-electron chi connectivity index (χ4n) is 6.60. The van der Waals surface area contributed by atoms with E-state index in [9.17, 15) is 4.79 Å². The molecule has 0 aromatic carbocycles. The Morgan fingerprint density at radius 3 is 2.64 bits per heavy atom. The molecule has 0 saturated carbocycles. The molecule has 6 rings (SSSR count). The first-order valence-corrected chi connectivity index (χ1v) is 13.4. The summed E-state index contributed by atoms with van der Waals surface area (Å²) < 4.78 is 11.4. The van der Waals surface area contributed by atoms with E-state index >= 15 is 0 Å². The maximum absolute atomic E-state index is 13.7. The Morgan fingerprint density at radius 2 is 1.94 bits per heavy atom. The van der Waals surface area contributed by atoms with Crippen LogP contribution in [0, 0.1) is 11.3 Å². The summed E-state index contributed by atoms with van der Waals surface area (Å²) in [6.07, 6.45) is 3.42. The second-order valence-corrected chi connectivity index (χ2v) is 11.2. The lowest BCUT2D eigenvalue weighted by Crippen LogP contribution is -2.70. The number of nitrogens with zero attached hydrogens (tertiary/aromatic N) is 4. The van der Waals surface area contributed by atoms with Crippen LogP contribution < -0.4 is 26.8 Å². The lowest BCUT2D eigenvalue weighted by Gasteiger charge is -2.49. The number of halogens is 1. The van der Waals surface area contributed by atoms with Crippen LogP contribution in [-0.2, 0) is 14.3 Å². The highest BCUT2D eigenvalue weighted by atomic mass is 35.5. The van der Waals surface area contributed by atoms with Crippen molar-refractivity contribution in [2.24, 2.45) is 17.1 Å². The van der Waals surface area contributed by atoms with E-state index in [-0.39, 0.29) is 47.9 Å². The smallest absolute Gasteiger partial charge is 0.232 e. The van der Waals surface area contributed by atoms with E-state index in [1.54, 1.807) is 6.20 Å². The third-order valence-corrected chi connectivity index (χ3v) is 9.36. The number of morpholine rings is 1. The zero-order valence-corrected chi connectivity index (χ0v) is 21.7. The molecule has 0 aliphatic carbocycles. The molecule has 1 spiro atoms. The van der Waals surface area contributed by atoms with Gasteiger partial charge in [-0.05, 0) is 31.4 Å². The van der Waals surface area contributed by atoms with Gasteiger partial charge in [0.1, 0.15) is 12.1 Å². The molecule has 4 unspecified atom stereocenters. The van der Waals surface area contributed by atoms with E-state index in [2.05, 4.69) is 37.9 Å². The van der Waals surface area contributed by atoms with E-state index in [0.29, 0.717) is 18.2 Å². The van der Waals surface area contributed by atoms with E-state index in [1.807, 2.05) is 18.0 Å². The number of nitrogens with two attached hydrogens (primary N) is 1. The Hall–Kier alpha value is -1.57. The summed E-state index contributed by atoms with van der Waals surface area (Å²) in [5, 5.41) is 4.26. The van der Waals surface area contributed by atoms with Crippen LogP contribution in [0.2, 0.25) is 5.02 Å². The molecular weight excluding hydrogens is 484 g/mol. The summed E-state index contributed by atoms with van der Waals surface area (Å²) in [6.45, 7) is 7.33. The molecule has 5 N–H and O–H groups in total. The van der Waals surface area contributed by atoms with Gasteiger partial charge in [0, 0.05) is 50.9 Å². The molecule has 0 bridgehead atoms. The van der Waals surface area contributed by atoms with E-state index in [4.69, 9.17) is 26.8 Å². The molecule has 6 atom stereocenters. The highest BCUT2D eigenvalue weighted by molar-refractivity contribution is 6.33. The molecule has 198 valence electrons. The summed E-state index contributed by atoms with van der Waals surface area (Å²) >= 11 is 6.88. The predicted octanol–water partition coefficient (Wildman–Crippen LogP) is -0.164. The van der Waals surface area contributed by atoms with Gasteiger partial charge in [0.2, 0.25) is 5.91 Å². The number of carbonyl (C=O) groups is 1. The van der Waals surface area contributed by atoms with Crippen LogP contribution >= 0.6 is 11.6 Å². The van der Waals surface area contributed by atoms with Crippen molar-refractivity contribution in [2.45, 2.75) is 50.4 Å². The number of carbonyl (C=O) groups excluding carboxylic acids is 1. The van der Waals surface area contributed by atoms with Gasteiger partial charge < -0.3 is 25.0 Å². The number of anilines is 1. The summed E-state index contributed by atoms with van der Waals surface area (Å²) in [5.74, 6) is 0.495. The molecule has 12 heteroatoms. The lowest BCUT2D eigenvalue weighted by molar-refractivity contribution is -0.151. The molecule has 36 heavy (non-hydrogen) atoms. The number of hydrogen-bond acceptors (Lipinski definition) is 10. The first-order valence-electron chi connectivity index (χ1n) is 13.0. The number of nitrogens with one attached hydrogen (secondary N) is 3. The average molecular weight is 521 g/mol. The number of hydrazine groups is 1. The molecule has 0 radical (unpaired) electrons. The molecule has 5 aliphatic heterocycles. The number of amides is 1. The van der Waals surface area contributed by atoms with Crippen molar-refractivity contribution < 1.29 is 14.3 Å². The molecule has 6 heterocycles. The fourth-order valence-corrected chi connectivity index (χ4v) is 6.95. The van der Waals surface area contributed by atoms with Gasteiger partial charge >= 0.3 is 0 Å². The number of rotatable bonds is 3. The zero-order valence-electron chi connectivity index (χ0n) is 21.0. The number of aromatic nitrogens is 1. The monoisotopic (exact) mass is 520 g/mol. The van der Waals surface area contributed by atoms with Crippen molar-refractivity contribution >= 4 is 23.3 Å². The Bertz CT molecular complexity index is 986. The van der Waals surface area contributed by atoms with Crippen LogP contribution in [0.1, 0.15) is 31.4 Å².